The zero-order valence-corrected chi connectivity index (χ0v) is 17.4. The van der Waals surface area contributed by atoms with Crippen LogP contribution in [0.5, 0.6) is 5.75 Å². The van der Waals surface area contributed by atoms with Gasteiger partial charge in [0.25, 0.3) is 5.91 Å². The van der Waals surface area contributed by atoms with Crippen LogP contribution in [-0.4, -0.2) is 62.3 Å². The van der Waals surface area contributed by atoms with E-state index in [1.807, 2.05) is 42.5 Å². The molecule has 1 aliphatic heterocycles. The molecule has 1 fully saturated rings. The highest BCUT2D eigenvalue weighted by Crippen LogP contribution is 2.30. The number of hydrogen-bond donors (Lipinski definition) is 0. The Morgan fingerprint density at radius 2 is 2.03 bits per heavy atom. The van der Waals surface area contributed by atoms with Gasteiger partial charge in [-0.2, -0.15) is 0 Å². The topological polar surface area (TPSA) is 54.9 Å². The first-order chi connectivity index (χ1) is 14.2. The van der Waals surface area contributed by atoms with Crippen LogP contribution in [0.15, 0.2) is 48.5 Å². The van der Waals surface area contributed by atoms with Crippen molar-refractivity contribution < 1.29 is 14.3 Å². The third kappa shape index (κ3) is 4.75. The van der Waals surface area contributed by atoms with E-state index in [1.54, 1.807) is 29.4 Å². The summed E-state index contributed by atoms with van der Waals surface area (Å²) in [5, 5.41) is 0.737. The van der Waals surface area contributed by atoms with Crippen molar-refractivity contribution in [2.24, 2.45) is 0 Å². The summed E-state index contributed by atoms with van der Waals surface area (Å²) in [6.45, 7) is 5.02. The minimum absolute atomic E-state index is 0.0510. The van der Waals surface area contributed by atoms with Gasteiger partial charge in [0.05, 0.1) is 30.5 Å². The first-order valence-electron chi connectivity index (χ1n) is 9.86. The number of benzene rings is 2. The van der Waals surface area contributed by atoms with Crippen LogP contribution >= 0.6 is 11.3 Å². The summed E-state index contributed by atoms with van der Waals surface area (Å²) in [5.74, 6) is 0.623. The lowest BCUT2D eigenvalue weighted by molar-refractivity contribution is 0.0376. The average molecular weight is 412 g/mol. The van der Waals surface area contributed by atoms with Gasteiger partial charge in [-0.05, 0) is 36.8 Å². The molecule has 7 heteroatoms. The molecule has 152 valence electrons. The predicted octanol–water partition coefficient (Wildman–Crippen LogP) is 3.67. The highest BCUT2D eigenvalue weighted by Gasteiger charge is 2.22. The fourth-order valence-corrected chi connectivity index (χ4v) is 4.44. The molecule has 1 aromatic heterocycles. The second kappa shape index (κ2) is 9.35. The van der Waals surface area contributed by atoms with Gasteiger partial charge in [-0.25, -0.2) is 4.98 Å². The maximum atomic E-state index is 13.4. The first-order valence-corrected chi connectivity index (χ1v) is 10.7. The van der Waals surface area contributed by atoms with Crippen LogP contribution < -0.4 is 9.64 Å². The third-order valence-electron chi connectivity index (χ3n) is 5.04. The number of carbonyl (C=O) groups is 1. The van der Waals surface area contributed by atoms with E-state index in [4.69, 9.17) is 14.5 Å². The average Bonchev–Trinajstić information content (AvgIpc) is 3.21. The second-order valence-electron chi connectivity index (χ2n) is 6.96. The molecule has 2 aromatic carbocycles. The Labute approximate surface area is 174 Å². The molecule has 1 aliphatic rings. The Morgan fingerprint density at radius 3 is 2.83 bits per heavy atom. The van der Waals surface area contributed by atoms with Crippen LogP contribution in [0.25, 0.3) is 10.2 Å². The molecule has 0 spiro atoms. The van der Waals surface area contributed by atoms with Crippen molar-refractivity contribution in [3.63, 3.8) is 0 Å². The van der Waals surface area contributed by atoms with E-state index in [2.05, 4.69) is 4.90 Å². The lowest BCUT2D eigenvalue weighted by Crippen LogP contribution is -2.39. The fraction of sp³-hybridized carbons (Fsp3) is 0.364. The molecule has 0 atom stereocenters. The van der Waals surface area contributed by atoms with Gasteiger partial charge in [0.2, 0.25) is 0 Å². The van der Waals surface area contributed by atoms with Gasteiger partial charge in [-0.3, -0.25) is 14.6 Å². The molecule has 0 unspecified atom stereocenters. The number of para-hydroxylation sites is 1. The van der Waals surface area contributed by atoms with Gasteiger partial charge in [-0.1, -0.05) is 29.5 Å². The SMILES string of the molecule is COc1cccc(C(=O)N(CCCN2CCOCC2)c2nc3ccccc3s2)c1. The number of fused-ring (bicyclic) bond motifs is 1. The molecule has 0 N–H and O–H groups in total. The predicted molar refractivity (Wildman–Crippen MR) is 116 cm³/mol. The number of nitrogens with zero attached hydrogens (tertiary/aromatic N) is 3. The Hall–Kier alpha value is -2.48. The molecular formula is C22H25N3O3S. The van der Waals surface area contributed by atoms with Gasteiger partial charge >= 0.3 is 0 Å². The van der Waals surface area contributed by atoms with Gasteiger partial charge in [0, 0.05) is 31.7 Å². The van der Waals surface area contributed by atoms with Crippen LogP contribution in [-0.2, 0) is 4.74 Å². The molecule has 1 amide bonds. The summed E-state index contributed by atoms with van der Waals surface area (Å²) in [6, 6.07) is 15.3. The fourth-order valence-electron chi connectivity index (χ4n) is 3.45. The number of amides is 1. The molecule has 0 saturated carbocycles. The van der Waals surface area contributed by atoms with E-state index in [0.717, 1.165) is 54.6 Å². The summed E-state index contributed by atoms with van der Waals surface area (Å²) in [6.07, 6.45) is 0.881. The summed E-state index contributed by atoms with van der Waals surface area (Å²) >= 11 is 1.55. The lowest BCUT2D eigenvalue weighted by atomic mass is 10.2. The Morgan fingerprint density at radius 1 is 1.21 bits per heavy atom. The lowest BCUT2D eigenvalue weighted by Gasteiger charge is -2.27. The van der Waals surface area contributed by atoms with Gasteiger partial charge in [-0.15, -0.1) is 0 Å². The van der Waals surface area contributed by atoms with Crippen LogP contribution in [0.2, 0.25) is 0 Å². The summed E-state index contributed by atoms with van der Waals surface area (Å²) in [4.78, 5) is 22.3. The zero-order valence-electron chi connectivity index (χ0n) is 16.5. The van der Waals surface area contributed by atoms with Crippen molar-refractivity contribution >= 4 is 32.6 Å². The summed E-state index contributed by atoms with van der Waals surface area (Å²) < 4.78 is 11.8. The van der Waals surface area contributed by atoms with Crippen LogP contribution in [0.1, 0.15) is 16.8 Å². The highest BCUT2D eigenvalue weighted by atomic mass is 32.1. The largest absolute Gasteiger partial charge is 0.497 e. The van der Waals surface area contributed by atoms with E-state index in [0.29, 0.717) is 17.9 Å². The summed E-state index contributed by atoms with van der Waals surface area (Å²) in [7, 11) is 1.61. The number of ether oxygens (including phenoxy) is 2. The Balaban J connectivity index is 1.56. The molecule has 6 nitrogen and oxygen atoms in total. The van der Waals surface area contributed by atoms with Gasteiger partial charge in [0.15, 0.2) is 5.13 Å². The second-order valence-corrected chi connectivity index (χ2v) is 7.97. The third-order valence-corrected chi connectivity index (χ3v) is 6.09. The number of rotatable bonds is 7. The van der Waals surface area contributed by atoms with E-state index in [9.17, 15) is 4.79 Å². The molecule has 4 rings (SSSR count). The number of thiazole rings is 1. The minimum Gasteiger partial charge on any atom is -0.497 e. The number of hydrogen-bond acceptors (Lipinski definition) is 6. The molecule has 0 bridgehead atoms. The molecule has 0 radical (unpaired) electrons. The summed E-state index contributed by atoms with van der Waals surface area (Å²) in [5.41, 5.74) is 1.53. The molecule has 1 saturated heterocycles. The highest BCUT2D eigenvalue weighted by molar-refractivity contribution is 7.22. The van der Waals surface area contributed by atoms with E-state index in [-0.39, 0.29) is 5.91 Å². The number of methoxy groups -OCH3 is 1. The first kappa shape index (κ1) is 19.8. The number of carbonyl (C=O) groups excluding carboxylic acids is 1. The van der Waals surface area contributed by atoms with Crippen molar-refractivity contribution in [1.29, 1.82) is 0 Å². The van der Waals surface area contributed by atoms with E-state index >= 15 is 0 Å². The number of morpholine rings is 1. The smallest absolute Gasteiger partial charge is 0.260 e. The Kier molecular flexibility index (Phi) is 6.39. The van der Waals surface area contributed by atoms with E-state index < -0.39 is 0 Å². The normalized spacial score (nSPS) is 14.8. The van der Waals surface area contributed by atoms with Crippen LogP contribution in [0.3, 0.4) is 0 Å². The van der Waals surface area contributed by atoms with Crippen molar-refractivity contribution in [1.82, 2.24) is 9.88 Å². The van der Waals surface area contributed by atoms with Crippen molar-refractivity contribution in [2.45, 2.75) is 6.42 Å². The minimum atomic E-state index is -0.0510. The quantitative estimate of drug-likeness (QED) is 0.594. The standard InChI is InChI=1S/C22H25N3O3S/c1-27-18-7-4-6-17(16-18)21(26)25(11-5-10-24-12-14-28-15-13-24)22-23-19-8-2-3-9-20(19)29-22/h2-4,6-9,16H,5,10-15H2,1H3. The van der Waals surface area contributed by atoms with Crippen molar-refractivity contribution in [2.75, 3.05) is 51.4 Å². The maximum absolute atomic E-state index is 13.4. The number of anilines is 1. The molecule has 3 aromatic rings. The maximum Gasteiger partial charge on any atom is 0.260 e. The van der Waals surface area contributed by atoms with Crippen LogP contribution in [0.4, 0.5) is 5.13 Å². The molecular weight excluding hydrogens is 386 g/mol. The molecule has 0 aliphatic carbocycles. The van der Waals surface area contributed by atoms with Crippen LogP contribution in [0, 0.1) is 0 Å². The van der Waals surface area contributed by atoms with E-state index in [1.165, 1.54) is 0 Å². The number of aromatic nitrogens is 1. The Bertz CT molecular complexity index is 936. The molecule has 29 heavy (non-hydrogen) atoms. The monoisotopic (exact) mass is 411 g/mol. The van der Waals surface area contributed by atoms with Crippen molar-refractivity contribution in [3.8, 4) is 5.75 Å². The van der Waals surface area contributed by atoms with Gasteiger partial charge < -0.3 is 9.47 Å². The molecule has 2 heterocycles. The van der Waals surface area contributed by atoms with Gasteiger partial charge in [0.1, 0.15) is 5.75 Å². The zero-order chi connectivity index (χ0) is 20.1. The van der Waals surface area contributed by atoms with Crippen molar-refractivity contribution in [3.05, 3.63) is 54.1 Å².